The predicted octanol–water partition coefficient (Wildman–Crippen LogP) is 6.40. The van der Waals surface area contributed by atoms with Gasteiger partial charge in [-0.05, 0) is 132 Å². The van der Waals surface area contributed by atoms with E-state index in [0.717, 1.165) is 11.1 Å². The zero-order valence-corrected chi connectivity index (χ0v) is 45.0. The van der Waals surface area contributed by atoms with Gasteiger partial charge in [-0.25, -0.2) is 19.9 Å². The van der Waals surface area contributed by atoms with Crippen LogP contribution in [0.3, 0.4) is 0 Å². The van der Waals surface area contributed by atoms with Crippen LogP contribution < -0.4 is 26.6 Å². The number of amides is 8. The van der Waals surface area contributed by atoms with Crippen LogP contribution in [0.4, 0.5) is 11.4 Å². The third kappa shape index (κ3) is 15.5. The van der Waals surface area contributed by atoms with E-state index in [1.807, 2.05) is 65.8 Å². The Kier molecular flexibility index (Phi) is 20.5. The minimum absolute atomic E-state index is 0.00619. The molecule has 0 spiro atoms. The van der Waals surface area contributed by atoms with Gasteiger partial charge in [0.15, 0.2) is 0 Å². The number of rotatable bonds is 24. The first kappa shape index (κ1) is 58.1. The van der Waals surface area contributed by atoms with Crippen molar-refractivity contribution in [3.05, 3.63) is 178 Å². The van der Waals surface area contributed by atoms with Crippen LogP contribution in [0.1, 0.15) is 144 Å². The van der Waals surface area contributed by atoms with E-state index < -0.39 is 35.0 Å². The molecule has 0 radical (unpaired) electrons. The maximum absolute atomic E-state index is 13.7. The smallest absolute Gasteiger partial charge is 0.274 e. The number of aromatic nitrogens is 4. The van der Waals surface area contributed by atoms with Crippen molar-refractivity contribution in [1.82, 2.24) is 50.6 Å². The summed E-state index contributed by atoms with van der Waals surface area (Å²) in [5.74, 6) is -3.70. The number of hydrogen-bond acceptors (Lipinski definition) is 12. The van der Waals surface area contributed by atoms with Crippen molar-refractivity contribution >= 4 is 58.6 Å². The topological polar surface area (TPSA) is 258 Å². The largest absolute Gasteiger partial charge is 0.350 e. The van der Waals surface area contributed by atoms with E-state index in [-0.39, 0.29) is 82.9 Å². The minimum Gasteiger partial charge on any atom is -0.350 e. The van der Waals surface area contributed by atoms with Gasteiger partial charge in [0.2, 0.25) is 0 Å². The monoisotopic (exact) mass is 1060 g/mol. The van der Waals surface area contributed by atoms with Gasteiger partial charge in [-0.15, -0.1) is 0 Å². The number of pyridine rings is 4. The molecule has 4 aromatic heterocycles. The molecule has 6 rings (SSSR count). The van der Waals surface area contributed by atoms with Crippen LogP contribution in [-0.4, -0.2) is 141 Å². The van der Waals surface area contributed by atoms with Crippen molar-refractivity contribution in [2.24, 2.45) is 5.41 Å². The Hall–Kier alpha value is -9.20. The predicted molar refractivity (Wildman–Crippen MR) is 295 cm³/mol. The molecule has 0 saturated heterocycles. The molecule has 78 heavy (non-hydrogen) atoms. The molecule has 0 saturated carbocycles. The van der Waals surface area contributed by atoms with Gasteiger partial charge in [-0.1, -0.05) is 55.5 Å². The fourth-order valence-corrected chi connectivity index (χ4v) is 8.12. The molecule has 5 N–H and O–H groups in total. The van der Waals surface area contributed by atoms with Crippen molar-refractivity contribution in [2.45, 2.75) is 54.9 Å². The SMILES string of the molecule is CCN(CC)C(=O)c1cccc(C(=O)NCC(C)(CNC(=O)c2cccc(C(=O)Nc3ccc(Cc4ccc(NC(=O)c5cccc(C(=O)N(CC)CC)n5)cc4)cc3)n2)CNC(=O)c2cccc(C(=O)N(CC)CC)n2)n1. The lowest BCUT2D eigenvalue weighted by Crippen LogP contribution is -2.50. The van der Waals surface area contributed by atoms with E-state index in [1.54, 1.807) is 76.2 Å². The molecule has 0 aliphatic rings. The first-order valence-electron chi connectivity index (χ1n) is 25.9. The Morgan fingerprint density at radius 1 is 0.359 bits per heavy atom. The van der Waals surface area contributed by atoms with Crippen LogP contribution in [0.5, 0.6) is 0 Å². The van der Waals surface area contributed by atoms with Crippen molar-refractivity contribution < 1.29 is 38.4 Å². The van der Waals surface area contributed by atoms with Crippen LogP contribution in [-0.2, 0) is 6.42 Å². The summed E-state index contributed by atoms with van der Waals surface area (Å²) in [4.78, 5) is 128. The second kappa shape index (κ2) is 27.5. The van der Waals surface area contributed by atoms with E-state index in [2.05, 4.69) is 46.5 Å². The molecule has 0 atom stereocenters. The summed E-state index contributed by atoms with van der Waals surface area (Å²) in [6, 6.07) is 33.0. The molecule has 0 unspecified atom stereocenters. The molecule has 0 aliphatic carbocycles. The van der Waals surface area contributed by atoms with Crippen molar-refractivity contribution in [3.63, 3.8) is 0 Å². The lowest BCUT2D eigenvalue weighted by atomic mass is 9.89. The average molecular weight is 1060 g/mol. The van der Waals surface area contributed by atoms with Gasteiger partial charge in [0, 0.05) is 75.7 Å². The van der Waals surface area contributed by atoms with Crippen molar-refractivity contribution in [2.75, 3.05) is 69.5 Å². The normalized spacial score (nSPS) is 10.9. The van der Waals surface area contributed by atoms with Crippen LogP contribution in [0.25, 0.3) is 0 Å². The molecule has 406 valence electrons. The second-order valence-electron chi connectivity index (χ2n) is 18.4. The van der Waals surface area contributed by atoms with E-state index >= 15 is 0 Å². The van der Waals surface area contributed by atoms with Gasteiger partial charge in [0.25, 0.3) is 47.3 Å². The molecular weight excluding hydrogens is 993 g/mol. The maximum atomic E-state index is 13.7. The number of nitrogens with zero attached hydrogens (tertiary/aromatic N) is 7. The van der Waals surface area contributed by atoms with E-state index in [4.69, 9.17) is 0 Å². The van der Waals surface area contributed by atoms with Gasteiger partial charge in [-0.2, -0.15) is 0 Å². The number of anilines is 2. The zero-order valence-electron chi connectivity index (χ0n) is 45.0. The lowest BCUT2D eigenvalue weighted by molar-refractivity contribution is 0.0758. The fourth-order valence-electron chi connectivity index (χ4n) is 8.12. The summed E-state index contributed by atoms with van der Waals surface area (Å²) in [7, 11) is 0. The molecule has 6 aromatic rings. The van der Waals surface area contributed by atoms with Crippen molar-refractivity contribution in [1.29, 1.82) is 0 Å². The fraction of sp³-hybridized carbons (Fsp3) is 0.310. The van der Waals surface area contributed by atoms with Gasteiger partial charge in [0.1, 0.15) is 45.6 Å². The lowest BCUT2D eigenvalue weighted by Gasteiger charge is -2.30. The summed E-state index contributed by atoms with van der Waals surface area (Å²) in [5, 5.41) is 14.2. The number of carbonyl (C=O) groups is 8. The second-order valence-corrected chi connectivity index (χ2v) is 18.4. The molecule has 0 fully saturated rings. The van der Waals surface area contributed by atoms with Gasteiger partial charge < -0.3 is 41.3 Å². The Bertz CT molecular complexity index is 3040. The first-order valence-corrected chi connectivity index (χ1v) is 25.9. The Balaban J connectivity index is 1.07. The number of benzene rings is 2. The maximum Gasteiger partial charge on any atom is 0.274 e. The molecule has 0 bridgehead atoms. The quantitative estimate of drug-likeness (QED) is 0.0441. The van der Waals surface area contributed by atoms with E-state index in [0.29, 0.717) is 57.1 Å². The van der Waals surface area contributed by atoms with Crippen LogP contribution in [0.2, 0.25) is 0 Å². The molecule has 4 heterocycles. The average Bonchev–Trinajstić information content (AvgIpc) is 3.47. The Morgan fingerprint density at radius 2 is 0.603 bits per heavy atom. The summed E-state index contributed by atoms with van der Waals surface area (Å²) >= 11 is 0. The third-order valence-electron chi connectivity index (χ3n) is 12.8. The number of hydrogen-bond donors (Lipinski definition) is 5. The molecule has 2 aromatic carbocycles. The molecule has 8 amide bonds. The first-order chi connectivity index (χ1) is 37.5. The molecule has 20 heteroatoms. The highest BCUT2D eigenvalue weighted by atomic mass is 16.2. The third-order valence-corrected chi connectivity index (χ3v) is 12.8. The van der Waals surface area contributed by atoms with E-state index in [9.17, 15) is 38.4 Å². The number of nitrogens with one attached hydrogen (secondary N) is 5. The summed E-state index contributed by atoms with van der Waals surface area (Å²) in [6.45, 7) is 15.5. The Morgan fingerprint density at radius 3 is 0.872 bits per heavy atom. The Labute approximate surface area is 453 Å². The minimum atomic E-state index is -1.06. The highest BCUT2D eigenvalue weighted by Crippen LogP contribution is 2.19. The van der Waals surface area contributed by atoms with Crippen LogP contribution in [0, 0.1) is 5.41 Å². The summed E-state index contributed by atoms with van der Waals surface area (Å²) in [5.41, 5.74) is 2.35. The highest BCUT2D eigenvalue weighted by Gasteiger charge is 2.29. The molecule has 20 nitrogen and oxygen atoms in total. The van der Waals surface area contributed by atoms with E-state index in [1.165, 1.54) is 42.5 Å². The van der Waals surface area contributed by atoms with Gasteiger partial charge in [-0.3, -0.25) is 38.4 Å². The molecular formula is C58H66N12O8. The highest BCUT2D eigenvalue weighted by molar-refractivity contribution is 6.05. The number of carbonyl (C=O) groups excluding carboxylic acids is 8. The molecule has 0 aliphatic heterocycles. The summed E-state index contributed by atoms with van der Waals surface area (Å²) in [6.07, 6.45) is 0.560. The van der Waals surface area contributed by atoms with Crippen molar-refractivity contribution in [3.8, 4) is 0 Å². The van der Waals surface area contributed by atoms with Gasteiger partial charge in [0.05, 0.1) is 0 Å². The van der Waals surface area contributed by atoms with Crippen LogP contribution in [0.15, 0.2) is 121 Å². The zero-order chi connectivity index (χ0) is 56.4. The standard InChI is InChI=1S/C58H66N12O8/c1-8-68(9-2)55(76)47-23-15-19-43(65-47)51(72)60-36-58(7,37-61-52(73)44-20-16-24-48(66-44)56(77)69(10-3)11-4)35-59-50(71)42-18-14-21-45(64-42)53(74)62-40-30-26-38(27-31-40)34-39-28-32-41(33-29-39)63-54(75)46-22-17-25-49(67-46)57(78)70(12-5)13-6/h14-33H,8-13,34-37H2,1-7H3,(H,59,71)(H,60,72)(H,61,73)(H,62,74)(H,63,75). The van der Waals surface area contributed by atoms with Crippen LogP contribution >= 0.6 is 0 Å². The van der Waals surface area contributed by atoms with Gasteiger partial charge >= 0.3 is 0 Å². The summed E-state index contributed by atoms with van der Waals surface area (Å²) < 4.78 is 0.